The number of amides is 1. The van der Waals surface area contributed by atoms with Gasteiger partial charge in [0.2, 0.25) is 0 Å². The number of hydrogen-bond donors (Lipinski definition) is 4. The molecular formula is C28H26F2N6O. The van der Waals surface area contributed by atoms with E-state index in [0.717, 1.165) is 24.9 Å². The van der Waals surface area contributed by atoms with Gasteiger partial charge in [-0.15, -0.1) is 0 Å². The Balaban J connectivity index is 1.31. The van der Waals surface area contributed by atoms with E-state index in [2.05, 4.69) is 25.6 Å². The largest absolute Gasteiger partial charge is 0.361 e. The molecule has 2 aromatic heterocycles. The number of aromatic amines is 1. The summed E-state index contributed by atoms with van der Waals surface area (Å²) in [5.41, 5.74) is 3.58. The fourth-order valence-corrected chi connectivity index (χ4v) is 4.62. The quantitative estimate of drug-likeness (QED) is 0.225. The highest BCUT2D eigenvalue weighted by molar-refractivity contribution is 6.08. The first-order chi connectivity index (χ1) is 18.0. The van der Waals surface area contributed by atoms with Crippen molar-refractivity contribution in [1.82, 2.24) is 20.3 Å². The molecule has 0 bridgehead atoms. The van der Waals surface area contributed by atoms with Crippen molar-refractivity contribution in [3.63, 3.8) is 0 Å². The number of hydrogen-bond acceptors (Lipinski definition) is 5. The standard InChI is InChI=1S/C28H26F2N6O/c29-21-5-7-23(8-6-21)33-16-20(14-31)19-11-17(12-22(30)13-19)15-34-28(37)26-25-24(9-10-32-26)35-27(36-25)18-3-1-2-4-18/h5-14,16,18,31,33H,1-4,15H2,(H,34,37)(H,35,36)/b20-16+,31-14?. The number of nitrogens with zero attached hydrogens (tertiary/aromatic N) is 2. The number of pyridine rings is 1. The number of H-pyrrole nitrogens is 1. The monoisotopic (exact) mass is 500 g/mol. The summed E-state index contributed by atoms with van der Waals surface area (Å²) in [5, 5.41) is 13.6. The van der Waals surface area contributed by atoms with Gasteiger partial charge in [-0.25, -0.2) is 18.7 Å². The topological polar surface area (TPSA) is 107 Å². The highest BCUT2D eigenvalue weighted by Gasteiger charge is 2.22. The predicted octanol–water partition coefficient (Wildman–Crippen LogP) is 5.93. The number of anilines is 1. The van der Waals surface area contributed by atoms with Crippen LogP contribution < -0.4 is 10.6 Å². The Morgan fingerprint density at radius 1 is 1.08 bits per heavy atom. The number of carbonyl (C=O) groups excluding carboxylic acids is 1. The van der Waals surface area contributed by atoms with Crippen molar-refractivity contribution in [2.75, 3.05) is 5.32 Å². The summed E-state index contributed by atoms with van der Waals surface area (Å²) in [7, 11) is 0. The van der Waals surface area contributed by atoms with E-state index < -0.39 is 5.82 Å². The van der Waals surface area contributed by atoms with Gasteiger partial charge in [0.15, 0.2) is 5.69 Å². The molecule has 4 aromatic rings. The third kappa shape index (κ3) is 5.55. The van der Waals surface area contributed by atoms with Gasteiger partial charge in [0.05, 0.1) is 11.0 Å². The average molecular weight is 501 g/mol. The number of allylic oxidation sites excluding steroid dienone is 1. The normalized spacial score (nSPS) is 14.2. The molecule has 0 radical (unpaired) electrons. The minimum atomic E-state index is -0.494. The zero-order valence-corrected chi connectivity index (χ0v) is 20.0. The second-order valence-electron chi connectivity index (χ2n) is 9.08. The Hall–Kier alpha value is -4.40. The molecule has 1 amide bonds. The van der Waals surface area contributed by atoms with Crippen LogP contribution in [0.2, 0.25) is 0 Å². The number of fused-ring (bicyclic) bond motifs is 1. The van der Waals surface area contributed by atoms with Crippen LogP contribution in [0, 0.1) is 17.0 Å². The summed E-state index contributed by atoms with van der Waals surface area (Å²) in [6.45, 7) is 0.0714. The van der Waals surface area contributed by atoms with E-state index in [-0.39, 0.29) is 24.0 Å². The Kier molecular flexibility index (Phi) is 7.02. The zero-order chi connectivity index (χ0) is 25.8. The molecule has 0 saturated heterocycles. The number of carbonyl (C=O) groups is 1. The first-order valence-electron chi connectivity index (χ1n) is 12.2. The second kappa shape index (κ2) is 10.7. The van der Waals surface area contributed by atoms with Crippen molar-refractivity contribution < 1.29 is 13.6 Å². The minimum Gasteiger partial charge on any atom is -0.361 e. The van der Waals surface area contributed by atoms with Crippen LogP contribution >= 0.6 is 0 Å². The van der Waals surface area contributed by atoms with Crippen molar-refractivity contribution in [1.29, 1.82) is 5.41 Å². The smallest absolute Gasteiger partial charge is 0.272 e. The Morgan fingerprint density at radius 3 is 2.62 bits per heavy atom. The van der Waals surface area contributed by atoms with E-state index in [0.29, 0.717) is 39.3 Å². The van der Waals surface area contributed by atoms with E-state index in [4.69, 9.17) is 5.41 Å². The third-order valence-electron chi connectivity index (χ3n) is 6.52. The Morgan fingerprint density at radius 2 is 1.86 bits per heavy atom. The van der Waals surface area contributed by atoms with Crippen LogP contribution in [-0.2, 0) is 6.54 Å². The average Bonchev–Trinajstić information content (AvgIpc) is 3.58. The van der Waals surface area contributed by atoms with Crippen LogP contribution in [0.5, 0.6) is 0 Å². The predicted molar refractivity (Wildman–Crippen MR) is 139 cm³/mol. The zero-order valence-electron chi connectivity index (χ0n) is 20.0. The van der Waals surface area contributed by atoms with Crippen LogP contribution in [0.25, 0.3) is 16.6 Å². The summed E-state index contributed by atoms with van der Waals surface area (Å²) in [6, 6.07) is 11.9. The van der Waals surface area contributed by atoms with Crippen molar-refractivity contribution in [3.05, 3.63) is 95.2 Å². The highest BCUT2D eigenvalue weighted by Crippen LogP contribution is 2.33. The fraction of sp³-hybridized carbons (Fsp3) is 0.214. The van der Waals surface area contributed by atoms with Gasteiger partial charge >= 0.3 is 0 Å². The Labute approximate surface area is 212 Å². The van der Waals surface area contributed by atoms with Gasteiger partial charge in [-0.1, -0.05) is 12.8 Å². The van der Waals surface area contributed by atoms with Gasteiger partial charge in [-0.2, -0.15) is 0 Å². The van der Waals surface area contributed by atoms with Gasteiger partial charge in [-0.3, -0.25) is 4.79 Å². The number of nitrogens with one attached hydrogen (secondary N) is 4. The van der Waals surface area contributed by atoms with Gasteiger partial charge in [0.25, 0.3) is 5.91 Å². The summed E-state index contributed by atoms with van der Waals surface area (Å²) >= 11 is 0. The maximum atomic E-state index is 14.4. The minimum absolute atomic E-state index is 0.0714. The number of halogens is 2. The first-order valence-corrected chi connectivity index (χ1v) is 12.2. The van der Waals surface area contributed by atoms with Crippen LogP contribution in [-0.4, -0.2) is 27.1 Å². The van der Waals surface area contributed by atoms with Crippen molar-refractivity contribution in [2.24, 2.45) is 0 Å². The summed E-state index contributed by atoms with van der Waals surface area (Å²) in [4.78, 5) is 25.2. The molecule has 4 N–H and O–H groups in total. The molecule has 2 aromatic carbocycles. The molecule has 0 spiro atoms. The number of aromatic nitrogens is 3. The van der Waals surface area contributed by atoms with E-state index in [1.807, 2.05) is 0 Å². The summed E-state index contributed by atoms with van der Waals surface area (Å²) < 4.78 is 27.6. The molecule has 0 aliphatic heterocycles. The van der Waals surface area contributed by atoms with Crippen molar-refractivity contribution in [3.8, 4) is 0 Å². The maximum Gasteiger partial charge on any atom is 0.272 e. The van der Waals surface area contributed by atoms with Gasteiger partial charge in [-0.05, 0) is 72.5 Å². The highest BCUT2D eigenvalue weighted by atomic mass is 19.1. The molecule has 1 saturated carbocycles. The fourth-order valence-electron chi connectivity index (χ4n) is 4.62. The lowest BCUT2D eigenvalue weighted by molar-refractivity contribution is 0.0947. The Bertz CT molecular complexity index is 1470. The molecule has 1 fully saturated rings. The number of imidazole rings is 1. The molecule has 188 valence electrons. The number of benzene rings is 2. The third-order valence-corrected chi connectivity index (χ3v) is 6.52. The lowest BCUT2D eigenvalue weighted by Gasteiger charge is -2.10. The van der Waals surface area contributed by atoms with Gasteiger partial charge in [0.1, 0.15) is 17.5 Å². The number of rotatable bonds is 8. The van der Waals surface area contributed by atoms with E-state index in [1.165, 1.54) is 37.1 Å². The summed E-state index contributed by atoms with van der Waals surface area (Å²) in [6.07, 6.45) is 8.73. The molecular weight excluding hydrogens is 474 g/mol. The molecule has 0 unspecified atom stereocenters. The van der Waals surface area contributed by atoms with Gasteiger partial charge < -0.3 is 21.0 Å². The van der Waals surface area contributed by atoms with E-state index in [1.54, 1.807) is 36.7 Å². The first kappa shape index (κ1) is 24.3. The van der Waals surface area contributed by atoms with Gasteiger partial charge in [0, 0.05) is 42.3 Å². The maximum absolute atomic E-state index is 14.4. The molecule has 2 heterocycles. The van der Waals surface area contributed by atoms with Crippen LogP contribution in [0.15, 0.2) is 60.9 Å². The molecule has 1 aliphatic rings. The van der Waals surface area contributed by atoms with Crippen molar-refractivity contribution >= 4 is 34.4 Å². The van der Waals surface area contributed by atoms with E-state index >= 15 is 0 Å². The van der Waals surface area contributed by atoms with Crippen LogP contribution in [0.1, 0.15) is 59.0 Å². The second-order valence-corrected chi connectivity index (χ2v) is 9.08. The molecule has 0 atom stereocenters. The lowest BCUT2D eigenvalue weighted by Crippen LogP contribution is -2.24. The molecule has 9 heteroatoms. The van der Waals surface area contributed by atoms with Crippen molar-refractivity contribution in [2.45, 2.75) is 38.1 Å². The molecule has 37 heavy (non-hydrogen) atoms. The lowest BCUT2D eigenvalue weighted by atomic mass is 10.0. The molecule has 1 aliphatic carbocycles. The summed E-state index contributed by atoms with van der Waals surface area (Å²) in [5.74, 6) is 0.0316. The van der Waals surface area contributed by atoms with E-state index in [9.17, 15) is 13.6 Å². The van der Waals surface area contributed by atoms with Crippen LogP contribution in [0.4, 0.5) is 14.5 Å². The SMILES string of the molecule is N=C/C(=C\Nc1ccc(F)cc1)c1cc(F)cc(CNC(=O)c2nccc3nc(C4CCCC4)[nH]c23)c1. The molecule has 7 nitrogen and oxygen atoms in total. The van der Waals surface area contributed by atoms with Crippen LogP contribution in [0.3, 0.4) is 0 Å². The molecule has 5 rings (SSSR count).